The molecule has 1 aliphatic heterocycles. The van der Waals surface area contributed by atoms with Gasteiger partial charge in [0.05, 0.1) is 32.3 Å². The van der Waals surface area contributed by atoms with Crippen LogP contribution in [0.5, 0.6) is 5.75 Å². The molecule has 1 atom stereocenters. The molecular weight excluding hydrogens is 330 g/mol. The summed E-state index contributed by atoms with van der Waals surface area (Å²) >= 11 is 5.58. The van der Waals surface area contributed by atoms with Gasteiger partial charge in [-0.05, 0) is 37.2 Å². The number of likely N-dealkylation sites (tertiary alicyclic amines) is 1. The van der Waals surface area contributed by atoms with Crippen LogP contribution in [0.2, 0.25) is 0 Å². The minimum Gasteiger partial charge on any atom is -0.496 e. The second kappa shape index (κ2) is 9.39. The van der Waals surface area contributed by atoms with Gasteiger partial charge >= 0.3 is 0 Å². The highest BCUT2D eigenvalue weighted by atomic mass is 32.1. The number of para-hydroxylation sites is 1. The van der Waals surface area contributed by atoms with Crippen molar-refractivity contribution >= 4 is 17.3 Å². The lowest BCUT2D eigenvalue weighted by Crippen LogP contribution is -3.11. The summed E-state index contributed by atoms with van der Waals surface area (Å²) in [6.45, 7) is 3.31. The highest BCUT2D eigenvalue weighted by Crippen LogP contribution is 2.23. The molecule has 0 unspecified atom stereocenters. The predicted octanol–water partition coefficient (Wildman–Crippen LogP) is 2.21. The van der Waals surface area contributed by atoms with Crippen molar-refractivity contribution in [2.75, 3.05) is 26.7 Å². The topological polar surface area (TPSA) is 37.7 Å². The zero-order valence-electron chi connectivity index (χ0n) is 15.4. The van der Waals surface area contributed by atoms with Crippen molar-refractivity contribution in [3.05, 3.63) is 29.8 Å². The third kappa shape index (κ3) is 5.08. The van der Waals surface area contributed by atoms with Crippen LogP contribution in [0, 0.1) is 0 Å². The lowest BCUT2D eigenvalue weighted by molar-refractivity contribution is -0.918. The van der Waals surface area contributed by atoms with Gasteiger partial charge < -0.3 is 20.3 Å². The standard InChI is InChI=1S/C20H31N3OS/c1-24-19-12-6-5-11-17(19)18(23-13-7-8-14-23)15-21-20(25)22-16-9-3-2-4-10-16/h5-6,11-12,16,18H,2-4,7-10,13-15H2,1H3,(H2,21,22,25)/p+1/t18-/m0/s1. The molecule has 1 saturated heterocycles. The van der Waals surface area contributed by atoms with Gasteiger partial charge in [0.25, 0.3) is 0 Å². The molecule has 25 heavy (non-hydrogen) atoms. The van der Waals surface area contributed by atoms with Gasteiger partial charge in [0.15, 0.2) is 5.11 Å². The third-order valence-electron chi connectivity index (χ3n) is 5.66. The number of benzene rings is 1. The highest BCUT2D eigenvalue weighted by molar-refractivity contribution is 7.80. The molecule has 1 aromatic carbocycles. The van der Waals surface area contributed by atoms with E-state index in [-0.39, 0.29) is 0 Å². The lowest BCUT2D eigenvalue weighted by atomic mass is 9.96. The van der Waals surface area contributed by atoms with Crippen molar-refractivity contribution in [3.8, 4) is 5.75 Å². The van der Waals surface area contributed by atoms with Crippen molar-refractivity contribution in [3.63, 3.8) is 0 Å². The Balaban J connectivity index is 1.62. The Morgan fingerprint density at radius 1 is 1.16 bits per heavy atom. The van der Waals surface area contributed by atoms with E-state index >= 15 is 0 Å². The Morgan fingerprint density at radius 3 is 2.60 bits per heavy atom. The van der Waals surface area contributed by atoms with Crippen LogP contribution in [-0.2, 0) is 0 Å². The van der Waals surface area contributed by atoms with Crippen LogP contribution in [0.4, 0.5) is 0 Å². The molecule has 1 saturated carbocycles. The molecule has 3 rings (SSSR count). The predicted molar refractivity (Wildman–Crippen MR) is 106 cm³/mol. The van der Waals surface area contributed by atoms with Crippen molar-refractivity contribution in [1.82, 2.24) is 10.6 Å². The molecule has 0 aromatic heterocycles. The number of thiocarbonyl (C=S) groups is 1. The summed E-state index contributed by atoms with van der Waals surface area (Å²) in [5.41, 5.74) is 1.29. The first-order chi connectivity index (χ1) is 12.3. The molecule has 0 amide bonds. The summed E-state index contributed by atoms with van der Waals surface area (Å²) in [6, 6.07) is 9.35. The van der Waals surface area contributed by atoms with E-state index in [0.29, 0.717) is 12.1 Å². The SMILES string of the molecule is COc1ccccc1[C@H](CNC(=S)NC1CCCCC1)[NH+]1CCCC1. The molecule has 0 bridgehead atoms. The summed E-state index contributed by atoms with van der Waals surface area (Å²) in [6.07, 6.45) is 9.12. The average Bonchev–Trinajstić information content (AvgIpc) is 3.17. The minimum atomic E-state index is 0.379. The fourth-order valence-electron chi connectivity index (χ4n) is 4.28. The minimum absolute atomic E-state index is 0.379. The zero-order valence-corrected chi connectivity index (χ0v) is 16.2. The normalized spacial score (nSPS) is 20.2. The van der Waals surface area contributed by atoms with Gasteiger partial charge in [-0.25, -0.2) is 0 Å². The Morgan fingerprint density at radius 2 is 1.88 bits per heavy atom. The fourth-order valence-corrected chi connectivity index (χ4v) is 4.53. The molecule has 1 aliphatic carbocycles. The van der Waals surface area contributed by atoms with Gasteiger partial charge in [-0.15, -0.1) is 0 Å². The smallest absolute Gasteiger partial charge is 0.166 e. The van der Waals surface area contributed by atoms with Crippen molar-refractivity contribution in [1.29, 1.82) is 0 Å². The molecule has 3 N–H and O–H groups in total. The van der Waals surface area contributed by atoms with Crippen LogP contribution in [-0.4, -0.2) is 37.9 Å². The molecule has 0 radical (unpaired) electrons. The number of hydrogen-bond acceptors (Lipinski definition) is 2. The van der Waals surface area contributed by atoms with E-state index in [1.165, 1.54) is 63.6 Å². The van der Waals surface area contributed by atoms with E-state index in [9.17, 15) is 0 Å². The monoisotopic (exact) mass is 362 g/mol. The quantitative estimate of drug-likeness (QED) is 0.679. The molecule has 2 aliphatic rings. The van der Waals surface area contributed by atoms with Crippen molar-refractivity contribution in [2.24, 2.45) is 0 Å². The van der Waals surface area contributed by atoms with Gasteiger partial charge in [0.1, 0.15) is 11.8 Å². The van der Waals surface area contributed by atoms with Crippen LogP contribution >= 0.6 is 12.2 Å². The molecule has 0 spiro atoms. The number of methoxy groups -OCH3 is 1. The van der Waals surface area contributed by atoms with E-state index in [1.807, 2.05) is 6.07 Å². The van der Waals surface area contributed by atoms with Gasteiger partial charge in [0.2, 0.25) is 0 Å². The first kappa shape index (κ1) is 18.5. The van der Waals surface area contributed by atoms with Crippen LogP contribution in [0.15, 0.2) is 24.3 Å². The maximum atomic E-state index is 5.62. The highest BCUT2D eigenvalue weighted by Gasteiger charge is 2.29. The lowest BCUT2D eigenvalue weighted by Gasteiger charge is -2.28. The number of hydrogen-bond donors (Lipinski definition) is 3. The van der Waals surface area contributed by atoms with Gasteiger partial charge in [-0.1, -0.05) is 31.4 Å². The van der Waals surface area contributed by atoms with E-state index in [4.69, 9.17) is 17.0 Å². The fraction of sp³-hybridized carbons (Fsp3) is 0.650. The van der Waals surface area contributed by atoms with Gasteiger partial charge in [0, 0.05) is 18.9 Å². The van der Waals surface area contributed by atoms with Crippen LogP contribution in [0.25, 0.3) is 0 Å². The number of ether oxygens (including phenoxy) is 1. The second-order valence-electron chi connectivity index (χ2n) is 7.35. The largest absolute Gasteiger partial charge is 0.496 e. The van der Waals surface area contributed by atoms with Crippen LogP contribution in [0.1, 0.15) is 56.6 Å². The zero-order chi connectivity index (χ0) is 17.5. The maximum Gasteiger partial charge on any atom is 0.166 e. The first-order valence-corrected chi connectivity index (χ1v) is 10.2. The van der Waals surface area contributed by atoms with Crippen LogP contribution in [0.3, 0.4) is 0 Å². The first-order valence-electron chi connectivity index (χ1n) is 9.80. The summed E-state index contributed by atoms with van der Waals surface area (Å²) in [5, 5.41) is 7.84. The van der Waals surface area contributed by atoms with E-state index in [1.54, 1.807) is 12.0 Å². The molecule has 138 valence electrons. The van der Waals surface area contributed by atoms with Crippen molar-refractivity contribution < 1.29 is 9.64 Å². The van der Waals surface area contributed by atoms with Gasteiger partial charge in [-0.2, -0.15) is 0 Å². The summed E-state index contributed by atoms with van der Waals surface area (Å²) < 4.78 is 5.62. The Kier molecular flexibility index (Phi) is 6.93. The molecule has 1 heterocycles. The molecule has 2 fully saturated rings. The summed E-state index contributed by atoms with van der Waals surface area (Å²) in [7, 11) is 1.76. The van der Waals surface area contributed by atoms with Gasteiger partial charge in [-0.3, -0.25) is 0 Å². The molecule has 5 heteroatoms. The number of rotatable bonds is 6. The Hall–Kier alpha value is -1.33. The summed E-state index contributed by atoms with van der Waals surface area (Å²) in [4.78, 5) is 1.64. The van der Waals surface area contributed by atoms with E-state index in [2.05, 4.69) is 28.8 Å². The average molecular weight is 363 g/mol. The Bertz CT molecular complexity index is 554. The Labute approximate surface area is 157 Å². The molecular formula is C20H32N3OS+. The van der Waals surface area contributed by atoms with E-state index in [0.717, 1.165) is 17.4 Å². The second-order valence-corrected chi connectivity index (χ2v) is 7.76. The third-order valence-corrected chi connectivity index (χ3v) is 5.92. The van der Waals surface area contributed by atoms with Crippen LogP contribution < -0.4 is 20.3 Å². The maximum absolute atomic E-state index is 5.62. The van der Waals surface area contributed by atoms with Crippen molar-refractivity contribution in [2.45, 2.75) is 57.0 Å². The number of nitrogens with one attached hydrogen (secondary N) is 3. The van der Waals surface area contributed by atoms with E-state index < -0.39 is 0 Å². The number of quaternary nitrogens is 1. The molecule has 4 nitrogen and oxygen atoms in total. The molecule has 1 aromatic rings. The summed E-state index contributed by atoms with van der Waals surface area (Å²) in [5.74, 6) is 0.986.